The van der Waals surface area contributed by atoms with Crippen molar-refractivity contribution in [2.24, 2.45) is 16.6 Å². The van der Waals surface area contributed by atoms with E-state index in [-0.39, 0.29) is 12.3 Å². The number of fused-ring (bicyclic) bond motifs is 1. The molecule has 3 aromatic heterocycles. The Balaban J connectivity index is 1.57. The van der Waals surface area contributed by atoms with Crippen LogP contribution in [0.15, 0.2) is 44.5 Å². The fourth-order valence-corrected chi connectivity index (χ4v) is 4.67. The van der Waals surface area contributed by atoms with E-state index in [1.807, 2.05) is 10.8 Å². The van der Waals surface area contributed by atoms with E-state index in [1.165, 1.54) is 22.1 Å². The molecular weight excluding hydrogens is 464 g/mol. The Labute approximate surface area is 177 Å². The molecule has 1 fully saturated rings. The summed E-state index contributed by atoms with van der Waals surface area (Å²) in [5.41, 5.74) is 7.45. The minimum absolute atomic E-state index is 0.190. The second-order valence-electron chi connectivity index (χ2n) is 6.96. The molecule has 1 saturated carbocycles. The van der Waals surface area contributed by atoms with Gasteiger partial charge in [0, 0.05) is 29.3 Å². The van der Waals surface area contributed by atoms with Crippen LogP contribution in [-0.2, 0) is 0 Å². The predicted octanol–water partition coefficient (Wildman–Crippen LogP) is 4.88. The molecule has 0 aromatic carbocycles. The number of amides is 1. The largest absolute Gasteiger partial charge is 0.322 e. The van der Waals surface area contributed by atoms with Crippen molar-refractivity contribution in [1.82, 2.24) is 9.61 Å². The monoisotopic (exact) mass is 481 g/mol. The number of thiophene rings is 1. The Morgan fingerprint density at radius 2 is 2.17 bits per heavy atom. The van der Waals surface area contributed by atoms with Gasteiger partial charge in [-0.15, -0.1) is 16.4 Å². The van der Waals surface area contributed by atoms with Crippen LogP contribution in [0.4, 0.5) is 20.3 Å². The highest BCUT2D eigenvalue weighted by molar-refractivity contribution is 9.10. The third kappa shape index (κ3) is 4.10. The van der Waals surface area contributed by atoms with E-state index in [2.05, 4.69) is 31.3 Å². The maximum absolute atomic E-state index is 13.8. The Bertz CT molecular complexity index is 1080. The molecule has 0 aliphatic heterocycles. The zero-order valence-electron chi connectivity index (χ0n) is 15.2. The molecule has 4 rings (SSSR count). The first-order valence-electron chi connectivity index (χ1n) is 9.04. The summed E-state index contributed by atoms with van der Waals surface area (Å²) in [5, 5.41) is 10.9. The van der Waals surface area contributed by atoms with Gasteiger partial charge in [-0.1, -0.05) is 0 Å². The van der Waals surface area contributed by atoms with Crippen LogP contribution in [0.5, 0.6) is 0 Å². The zero-order valence-corrected chi connectivity index (χ0v) is 17.6. The SMILES string of the molecule is N[C@@H]1C(C=Nc2ccc3ccc(C(=O)Nc4cscc4Br)n3n2)CCCC1(F)F. The van der Waals surface area contributed by atoms with E-state index in [0.717, 1.165) is 9.99 Å². The predicted molar refractivity (Wildman–Crippen MR) is 114 cm³/mol. The minimum Gasteiger partial charge on any atom is -0.322 e. The number of nitrogens with two attached hydrogens (primary N) is 1. The lowest BCUT2D eigenvalue weighted by Crippen LogP contribution is -2.49. The highest BCUT2D eigenvalue weighted by Gasteiger charge is 2.43. The fraction of sp³-hybridized carbons (Fsp3) is 0.316. The van der Waals surface area contributed by atoms with Crippen molar-refractivity contribution in [3.8, 4) is 0 Å². The number of anilines is 1. The maximum Gasteiger partial charge on any atom is 0.274 e. The highest BCUT2D eigenvalue weighted by Crippen LogP contribution is 2.35. The summed E-state index contributed by atoms with van der Waals surface area (Å²) in [7, 11) is 0. The standard InChI is InChI=1S/C19H18BrF2N5OS/c20-13-9-29-10-14(13)25-18(28)15-5-3-12-4-6-16(26-27(12)15)24-8-11-2-1-7-19(21,22)17(11)23/h3-6,8-11,17H,1-2,7,23H2,(H,25,28)/t11?,17-/m1/s1. The number of rotatable bonds is 4. The number of carbonyl (C=O) groups excluding carboxylic acids is 1. The zero-order chi connectivity index (χ0) is 20.6. The van der Waals surface area contributed by atoms with E-state index in [4.69, 9.17) is 5.73 Å². The van der Waals surface area contributed by atoms with Crippen LogP contribution >= 0.6 is 27.3 Å². The number of halogens is 3. The van der Waals surface area contributed by atoms with Crippen LogP contribution in [0.3, 0.4) is 0 Å². The third-order valence-corrected chi connectivity index (χ3v) is 6.68. The van der Waals surface area contributed by atoms with E-state index in [1.54, 1.807) is 24.3 Å². The summed E-state index contributed by atoms with van der Waals surface area (Å²) < 4.78 is 29.9. The molecule has 10 heteroatoms. The lowest BCUT2D eigenvalue weighted by atomic mass is 9.83. The molecule has 0 radical (unpaired) electrons. The lowest BCUT2D eigenvalue weighted by Gasteiger charge is -2.33. The van der Waals surface area contributed by atoms with Crippen LogP contribution in [0.25, 0.3) is 5.52 Å². The van der Waals surface area contributed by atoms with Crippen molar-refractivity contribution in [3.05, 3.63) is 45.2 Å². The van der Waals surface area contributed by atoms with Crippen molar-refractivity contribution in [2.75, 3.05) is 5.32 Å². The molecule has 0 saturated heterocycles. The number of aromatic nitrogens is 2. The molecule has 152 valence electrons. The van der Waals surface area contributed by atoms with E-state index >= 15 is 0 Å². The second-order valence-corrected chi connectivity index (χ2v) is 8.55. The molecule has 3 aromatic rings. The van der Waals surface area contributed by atoms with Gasteiger partial charge in [-0.05, 0) is 53.0 Å². The van der Waals surface area contributed by atoms with Crippen molar-refractivity contribution in [1.29, 1.82) is 0 Å². The van der Waals surface area contributed by atoms with Gasteiger partial charge in [-0.3, -0.25) is 4.79 Å². The van der Waals surface area contributed by atoms with Gasteiger partial charge in [-0.2, -0.15) is 0 Å². The van der Waals surface area contributed by atoms with Crippen LogP contribution in [-0.4, -0.2) is 33.7 Å². The van der Waals surface area contributed by atoms with E-state index in [9.17, 15) is 13.6 Å². The van der Waals surface area contributed by atoms with Crippen molar-refractivity contribution in [2.45, 2.75) is 31.2 Å². The average molecular weight is 482 g/mol. The average Bonchev–Trinajstić information content (AvgIpc) is 3.29. The Morgan fingerprint density at radius 3 is 2.93 bits per heavy atom. The molecule has 1 aliphatic carbocycles. The lowest BCUT2D eigenvalue weighted by molar-refractivity contribution is -0.0607. The quantitative estimate of drug-likeness (QED) is 0.520. The van der Waals surface area contributed by atoms with Crippen LogP contribution in [0.2, 0.25) is 0 Å². The molecule has 29 heavy (non-hydrogen) atoms. The molecule has 0 bridgehead atoms. The number of aliphatic imine (C=N–C) groups is 1. The highest BCUT2D eigenvalue weighted by atomic mass is 79.9. The van der Waals surface area contributed by atoms with Crippen molar-refractivity contribution >= 4 is 56.4 Å². The first-order chi connectivity index (χ1) is 13.8. The van der Waals surface area contributed by atoms with Gasteiger partial charge in [0.05, 0.1) is 21.7 Å². The van der Waals surface area contributed by atoms with Gasteiger partial charge in [0.1, 0.15) is 5.69 Å². The number of hydrogen-bond donors (Lipinski definition) is 2. The molecule has 1 unspecified atom stereocenters. The molecule has 3 N–H and O–H groups in total. The second kappa shape index (κ2) is 7.92. The molecular formula is C19H18BrF2N5OS. The van der Waals surface area contributed by atoms with Crippen LogP contribution in [0, 0.1) is 5.92 Å². The van der Waals surface area contributed by atoms with E-state index in [0.29, 0.717) is 30.0 Å². The number of hydrogen-bond acceptors (Lipinski definition) is 5. The number of nitrogens with zero attached hydrogens (tertiary/aromatic N) is 3. The fourth-order valence-electron chi connectivity index (χ4n) is 3.35. The van der Waals surface area contributed by atoms with Gasteiger partial charge in [0.15, 0.2) is 5.82 Å². The van der Waals surface area contributed by atoms with E-state index < -0.39 is 17.9 Å². The summed E-state index contributed by atoms with van der Waals surface area (Å²) in [6.07, 6.45) is 2.24. The topological polar surface area (TPSA) is 84.8 Å². The summed E-state index contributed by atoms with van der Waals surface area (Å²) in [5.74, 6) is -3.39. The Morgan fingerprint density at radius 1 is 1.38 bits per heavy atom. The van der Waals surface area contributed by atoms with Crippen molar-refractivity contribution < 1.29 is 13.6 Å². The summed E-state index contributed by atoms with van der Waals surface area (Å²) in [6, 6.07) is 5.64. The van der Waals surface area contributed by atoms with Gasteiger partial charge >= 0.3 is 0 Å². The molecule has 0 spiro atoms. The summed E-state index contributed by atoms with van der Waals surface area (Å²) in [4.78, 5) is 16.9. The van der Waals surface area contributed by atoms with Gasteiger partial charge in [-0.25, -0.2) is 18.3 Å². The van der Waals surface area contributed by atoms with Gasteiger partial charge < -0.3 is 11.1 Å². The molecule has 3 heterocycles. The smallest absolute Gasteiger partial charge is 0.274 e. The number of alkyl halides is 2. The van der Waals surface area contributed by atoms with Gasteiger partial charge in [0.2, 0.25) is 0 Å². The molecule has 1 amide bonds. The normalized spacial score (nSPS) is 21.7. The molecule has 6 nitrogen and oxygen atoms in total. The molecule has 2 atom stereocenters. The minimum atomic E-state index is -2.88. The summed E-state index contributed by atoms with van der Waals surface area (Å²) >= 11 is 4.85. The Kier molecular flexibility index (Phi) is 5.50. The number of nitrogens with one attached hydrogen (secondary N) is 1. The molecule has 1 aliphatic rings. The van der Waals surface area contributed by atoms with Crippen LogP contribution in [0.1, 0.15) is 29.8 Å². The van der Waals surface area contributed by atoms with Crippen molar-refractivity contribution in [3.63, 3.8) is 0 Å². The first-order valence-corrected chi connectivity index (χ1v) is 10.8. The third-order valence-electron chi connectivity index (χ3n) is 4.98. The number of carbonyl (C=O) groups is 1. The Hall–Kier alpha value is -2.17. The first kappa shape index (κ1) is 20.1. The van der Waals surface area contributed by atoms with Gasteiger partial charge in [0.25, 0.3) is 11.8 Å². The maximum atomic E-state index is 13.8. The summed E-state index contributed by atoms with van der Waals surface area (Å²) in [6.45, 7) is 0. The van der Waals surface area contributed by atoms with Crippen LogP contribution < -0.4 is 11.1 Å².